The van der Waals surface area contributed by atoms with Crippen molar-refractivity contribution in [1.82, 2.24) is 19.5 Å². The molecule has 1 saturated heterocycles. The van der Waals surface area contributed by atoms with Crippen LogP contribution in [0.5, 0.6) is 0 Å². The molecule has 1 saturated carbocycles. The van der Waals surface area contributed by atoms with Crippen LogP contribution in [0, 0.1) is 23.2 Å². The van der Waals surface area contributed by atoms with Gasteiger partial charge < -0.3 is 0 Å². The molecule has 0 amide bonds. The van der Waals surface area contributed by atoms with Crippen LogP contribution in [-0.2, 0) is 6.54 Å². The molecular weight excluding hydrogens is 290 g/mol. The Morgan fingerprint density at radius 3 is 2.96 bits per heavy atom. The van der Waals surface area contributed by atoms with Gasteiger partial charge in [-0.15, -0.1) is 0 Å². The van der Waals surface area contributed by atoms with Crippen LogP contribution in [0.25, 0.3) is 5.65 Å². The lowest BCUT2D eigenvalue weighted by atomic mass is 9.75. The average molecular weight is 311 g/mol. The molecule has 23 heavy (non-hydrogen) atoms. The van der Waals surface area contributed by atoms with E-state index >= 15 is 0 Å². The molecule has 1 aliphatic carbocycles. The van der Waals surface area contributed by atoms with Crippen molar-refractivity contribution >= 4 is 5.65 Å². The lowest BCUT2D eigenvalue weighted by Gasteiger charge is -2.41. The second kappa shape index (κ2) is 5.82. The Bertz CT molecular complexity index is 814. The van der Waals surface area contributed by atoms with Crippen LogP contribution in [0.15, 0.2) is 17.1 Å². The average Bonchev–Trinajstić information content (AvgIpc) is 2.98. The van der Waals surface area contributed by atoms with Crippen molar-refractivity contribution in [2.24, 2.45) is 11.8 Å². The first-order valence-electron chi connectivity index (χ1n) is 8.47. The van der Waals surface area contributed by atoms with Crippen molar-refractivity contribution in [2.75, 3.05) is 13.1 Å². The van der Waals surface area contributed by atoms with Crippen LogP contribution in [0.2, 0.25) is 0 Å². The summed E-state index contributed by atoms with van der Waals surface area (Å²) in [5, 5.41) is 11.9. The van der Waals surface area contributed by atoms with Crippen molar-refractivity contribution in [3.8, 4) is 6.07 Å². The third kappa shape index (κ3) is 2.66. The van der Waals surface area contributed by atoms with Crippen LogP contribution in [0.4, 0.5) is 0 Å². The van der Waals surface area contributed by atoms with Crippen molar-refractivity contribution in [3.05, 3.63) is 33.9 Å². The van der Waals surface area contributed by atoms with Crippen LogP contribution < -0.4 is 5.56 Å². The smallest absolute Gasteiger partial charge is 0.272 e. The van der Waals surface area contributed by atoms with Crippen LogP contribution >= 0.6 is 0 Å². The largest absolute Gasteiger partial charge is 0.297 e. The van der Waals surface area contributed by atoms with Gasteiger partial charge >= 0.3 is 0 Å². The minimum atomic E-state index is -0.154. The van der Waals surface area contributed by atoms with Gasteiger partial charge in [0.05, 0.1) is 5.69 Å². The fourth-order valence-corrected chi connectivity index (χ4v) is 4.24. The van der Waals surface area contributed by atoms with Gasteiger partial charge in [0.2, 0.25) is 0 Å². The number of piperidine rings is 1. The fourth-order valence-electron chi connectivity index (χ4n) is 4.24. The number of hydrogen-bond acceptors (Lipinski definition) is 4. The van der Waals surface area contributed by atoms with Gasteiger partial charge in [-0.3, -0.25) is 14.8 Å². The highest BCUT2D eigenvalue weighted by Crippen LogP contribution is 2.36. The maximum absolute atomic E-state index is 12.2. The first-order chi connectivity index (χ1) is 11.2. The van der Waals surface area contributed by atoms with E-state index in [0.717, 1.165) is 30.6 Å². The van der Waals surface area contributed by atoms with Gasteiger partial charge in [0.15, 0.2) is 5.65 Å². The highest BCUT2D eigenvalue weighted by molar-refractivity contribution is 5.53. The molecule has 3 heterocycles. The lowest BCUT2D eigenvalue weighted by Crippen LogP contribution is -2.41. The number of aromatic nitrogens is 3. The topological polar surface area (TPSA) is 77.2 Å². The molecule has 1 N–H and O–H groups in total. The molecule has 4 rings (SSSR count). The second-order valence-electron chi connectivity index (χ2n) is 6.87. The zero-order valence-corrected chi connectivity index (χ0v) is 13.2. The van der Waals surface area contributed by atoms with E-state index in [4.69, 9.17) is 5.26 Å². The molecule has 120 valence electrons. The van der Waals surface area contributed by atoms with Gasteiger partial charge in [-0.25, -0.2) is 9.50 Å². The van der Waals surface area contributed by atoms with Gasteiger partial charge in [0.1, 0.15) is 11.6 Å². The fraction of sp³-hybridized carbons (Fsp3) is 0.588. The van der Waals surface area contributed by atoms with Crippen molar-refractivity contribution in [1.29, 1.82) is 5.26 Å². The van der Waals surface area contributed by atoms with E-state index in [0.29, 0.717) is 17.8 Å². The summed E-state index contributed by atoms with van der Waals surface area (Å²) in [4.78, 5) is 19.1. The normalized spacial score (nSPS) is 25.2. The van der Waals surface area contributed by atoms with E-state index in [1.165, 1.54) is 42.8 Å². The molecule has 2 aliphatic rings. The SMILES string of the molecule is N#Cc1c[nH]n2c(=O)cc(CN3CCC4CCCCC4C3)nc12. The first kappa shape index (κ1) is 14.5. The molecule has 2 atom stereocenters. The monoisotopic (exact) mass is 311 g/mol. The molecule has 6 heteroatoms. The number of nitrogens with zero attached hydrogens (tertiary/aromatic N) is 4. The molecule has 0 spiro atoms. The van der Waals surface area contributed by atoms with Crippen molar-refractivity contribution < 1.29 is 0 Å². The summed E-state index contributed by atoms with van der Waals surface area (Å²) >= 11 is 0. The highest BCUT2D eigenvalue weighted by atomic mass is 16.1. The molecule has 0 bridgehead atoms. The minimum Gasteiger partial charge on any atom is -0.297 e. The summed E-state index contributed by atoms with van der Waals surface area (Å²) in [6.07, 6.45) is 8.27. The van der Waals surface area contributed by atoms with Gasteiger partial charge in [-0.2, -0.15) is 5.26 Å². The Morgan fingerprint density at radius 1 is 1.30 bits per heavy atom. The Morgan fingerprint density at radius 2 is 2.13 bits per heavy atom. The molecule has 0 aromatic carbocycles. The van der Waals surface area contributed by atoms with E-state index < -0.39 is 0 Å². The maximum Gasteiger partial charge on any atom is 0.272 e. The van der Waals surface area contributed by atoms with Gasteiger partial charge in [-0.05, 0) is 31.2 Å². The number of nitriles is 1. The Balaban J connectivity index is 1.56. The first-order valence-corrected chi connectivity index (χ1v) is 8.47. The molecule has 1 aliphatic heterocycles. The predicted octanol–water partition coefficient (Wildman–Crippen LogP) is 1.91. The van der Waals surface area contributed by atoms with Crippen LogP contribution in [0.1, 0.15) is 43.4 Å². The second-order valence-corrected chi connectivity index (χ2v) is 6.87. The summed E-state index contributed by atoms with van der Waals surface area (Å²) in [5.41, 5.74) is 1.46. The quantitative estimate of drug-likeness (QED) is 0.919. The number of hydrogen-bond donors (Lipinski definition) is 1. The van der Waals surface area contributed by atoms with Crippen LogP contribution in [0.3, 0.4) is 0 Å². The third-order valence-electron chi connectivity index (χ3n) is 5.43. The predicted molar refractivity (Wildman–Crippen MR) is 85.9 cm³/mol. The van der Waals surface area contributed by atoms with Crippen molar-refractivity contribution in [2.45, 2.75) is 38.6 Å². The minimum absolute atomic E-state index is 0.154. The summed E-state index contributed by atoms with van der Waals surface area (Å²) < 4.78 is 1.33. The molecular formula is C17H21N5O. The Kier molecular flexibility index (Phi) is 3.66. The number of likely N-dealkylation sites (tertiary alicyclic amines) is 1. The summed E-state index contributed by atoms with van der Waals surface area (Å²) in [6.45, 7) is 2.90. The van der Waals surface area contributed by atoms with Gasteiger partial charge in [0.25, 0.3) is 5.56 Å². The molecule has 2 unspecified atom stereocenters. The van der Waals surface area contributed by atoms with Gasteiger partial charge in [0, 0.05) is 25.4 Å². The highest BCUT2D eigenvalue weighted by Gasteiger charge is 2.31. The maximum atomic E-state index is 12.2. The molecule has 2 aromatic heterocycles. The summed E-state index contributed by atoms with van der Waals surface area (Å²) in [5.74, 6) is 1.71. The van der Waals surface area contributed by atoms with Crippen molar-refractivity contribution in [3.63, 3.8) is 0 Å². The molecule has 0 radical (unpaired) electrons. The van der Waals surface area contributed by atoms with E-state index in [-0.39, 0.29) is 5.56 Å². The standard InChI is InChI=1S/C17H21N5O/c18-8-14-9-19-22-16(23)7-15(20-17(14)22)11-21-6-5-12-3-1-2-4-13(12)10-21/h7,9,12-13,19H,1-6,10-11H2. The Hall–Kier alpha value is -2.13. The van der Waals surface area contributed by atoms with E-state index in [1.807, 2.05) is 0 Å². The lowest BCUT2D eigenvalue weighted by molar-refractivity contribution is 0.0812. The van der Waals surface area contributed by atoms with Crippen LogP contribution in [-0.4, -0.2) is 32.6 Å². The number of H-pyrrole nitrogens is 1. The molecule has 2 aromatic rings. The number of rotatable bonds is 2. The number of fused-ring (bicyclic) bond motifs is 2. The Labute approximate surface area is 134 Å². The van der Waals surface area contributed by atoms with Gasteiger partial charge in [-0.1, -0.05) is 19.3 Å². The molecule has 6 nitrogen and oxygen atoms in total. The summed E-state index contributed by atoms with van der Waals surface area (Å²) in [7, 11) is 0. The number of nitrogens with one attached hydrogen (secondary N) is 1. The summed E-state index contributed by atoms with van der Waals surface area (Å²) in [6, 6.07) is 3.66. The zero-order chi connectivity index (χ0) is 15.8. The van der Waals surface area contributed by atoms with E-state index in [9.17, 15) is 4.79 Å². The molecule has 2 fully saturated rings. The third-order valence-corrected chi connectivity index (χ3v) is 5.43. The number of aromatic amines is 1. The van der Waals surface area contributed by atoms with E-state index in [2.05, 4.69) is 21.1 Å². The van der Waals surface area contributed by atoms with E-state index in [1.54, 1.807) is 6.07 Å². The zero-order valence-electron chi connectivity index (χ0n) is 13.2.